The molecular formula is C29H36N4O3. The van der Waals surface area contributed by atoms with Crippen LogP contribution in [0.3, 0.4) is 0 Å². The molecule has 1 N–H and O–H groups in total. The number of hydrogen-bond acceptors (Lipinski definition) is 4. The Kier molecular flexibility index (Phi) is 8.21. The fourth-order valence-corrected chi connectivity index (χ4v) is 5.21. The quantitative estimate of drug-likeness (QED) is 0.434. The second-order valence-electron chi connectivity index (χ2n) is 9.99. The minimum atomic E-state index is -0.936. The van der Waals surface area contributed by atoms with Crippen molar-refractivity contribution in [2.24, 2.45) is 5.92 Å². The van der Waals surface area contributed by atoms with Crippen LogP contribution < -0.4 is 5.32 Å². The van der Waals surface area contributed by atoms with Gasteiger partial charge in [0.25, 0.3) is 5.91 Å². The molecule has 0 radical (unpaired) electrons. The Bertz CT molecular complexity index is 1080. The van der Waals surface area contributed by atoms with E-state index in [9.17, 15) is 14.4 Å². The number of aryl methyl sites for hydroxylation is 1. The maximum atomic E-state index is 13.8. The van der Waals surface area contributed by atoms with Crippen molar-refractivity contribution in [1.29, 1.82) is 0 Å². The zero-order valence-corrected chi connectivity index (χ0v) is 21.2. The summed E-state index contributed by atoms with van der Waals surface area (Å²) in [6, 6.07) is 19.5. The van der Waals surface area contributed by atoms with Crippen molar-refractivity contribution in [2.75, 3.05) is 40.3 Å². The summed E-state index contributed by atoms with van der Waals surface area (Å²) in [5.41, 5.74) is 1.19. The van der Waals surface area contributed by atoms with Gasteiger partial charge in [-0.2, -0.15) is 0 Å². The SMILES string of the molecule is CN(C)CCN1C(=O)NC(CCc2ccccc2)(C2CCN(C(=O)C=Cc3ccccc3)CC2)C1=O. The lowest BCUT2D eigenvalue weighted by atomic mass is 9.74. The van der Waals surface area contributed by atoms with Gasteiger partial charge in [-0.25, -0.2) is 4.79 Å². The number of benzene rings is 2. The summed E-state index contributed by atoms with van der Waals surface area (Å²) in [7, 11) is 3.86. The molecule has 4 amide bonds. The van der Waals surface area contributed by atoms with Crippen molar-refractivity contribution >= 4 is 23.9 Å². The Morgan fingerprint density at radius 3 is 2.31 bits per heavy atom. The van der Waals surface area contributed by atoms with Crippen LogP contribution in [0.25, 0.3) is 6.08 Å². The number of likely N-dealkylation sites (N-methyl/N-ethyl adjacent to an activating group) is 1. The second kappa shape index (κ2) is 11.5. The highest BCUT2D eigenvalue weighted by atomic mass is 16.2. The van der Waals surface area contributed by atoms with Crippen molar-refractivity contribution in [3.8, 4) is 0 Å². The number of hydrogen-bond donors (Lipinski definition) is 1. The molecule has 190 valence electrons. The largest absolute Gasteiger partial charge is 0.339 e. The molecule has 2 fully saturated rings. The molecule has 1 unspecified atom stereocenters. The molecule has 2 aromatic carbocycles. The van der Waals surface area contributed by atoms with Crippen LogP contribution in [-0.4, -0.2) is 78.4 Å². The number of likely N-dealkylation sites (tertiary alicyclic amines) is 1. The smallest absolute Gasteiger partial charge is 0.325 e. The van der Waals surface area contributed by atoms with Gasteiger partial charge in [-0.05, 0) is 62.9 Å². The number of carbonyl (C=O) groups is 3. The van der Waals surface area contributed by atoms with E-state index in [-0.39, 0.29) is 23.8 Å². The minimum absolute atomic E-state index is 0.0231. The van der Waals surface area contributed by atoms with Crippen LogP contribution in [0.15, 0.2) is 66.7 Å². The molecule has 7 heteroatoms. The van der Waals surface area contributed by atoms with Gasteiger partial charge in [-0.3, -0.25) is 14.5 Å². The minimum Gasteiger partial charge on any atom is -0.339 e. The van der Waals surface area contributed by atoms with E-state index in [1.54, 1.807) is 6.08 Å². The maximum absolute atomic E-state index is 13.8. The molecule has 0 saturated carbocycles. The average Bonchev–Trinajstić information content (AvgIpc) is 3.15. The van der Waals surface area contributed by atoms with Gasteiger partial charge in [-0.15, -0.1) is 0 Å². The summed E-state index contributed by atoms with van der Waals surface area (Å²) in [5, 5.41) is 3.12. The highest BCUT2D eigenvalue weighted by Crippen LogP contribution is 2.37. The molecule has 7 nitrogen and oxygen atoms in total. The van der Waals surface area contributed by atoms with Crippen LogP contribution in [0, 0.1) is 5.92 Å². The van der Waals surface area contributed by atoms with Gasteiger partial charge in [0.1, 0.15) is 5.54 Å². The van der Waals surface area contributed by atoms with Gasteiger partial charge in [0.05, 0.1) is 0 Å². The van der Waals surface area contributed by atoms with E-state index in [1.165, 1.54) is 4.90 Å². The highest BCUT2D eigenvalue weighted by Gasteiger charge is 2.55. The predicted octanol–water partition coefficient (Wildman–Crippen LogP) is 3.42. The molecule has 2 aliphatic heterocycles. The van der Waals surface area contributed by atoms with Crippen molar-refractivity contribution < 1.29 is 14.4 Å². The Hall–Kier alpha value is -3.45. The number of carbonyl (C=O) groups excluding carboxylic acids is 3. The van der Waals surface area contributed by atoms with Gasteiger partial charge in [0, 0.05) is 32.3 Å². The number of nitrogens with zero attached hydrogens (tertiary/aromatic N) is 3. The highest BCUT2D eigenvalue weighted by molar-refractivity contribution is 6.07. The summed E-state index contributed by atoms with van der Waals surface area (Å²) < 4.78 is 0. The van der Waals surface area contributed by atoms with Crippen LogP contribution in [-0.2, 0) is 16.0 Å². The van der Waals surface area contributed by atoms with Crippen molar-refractivity contribution in [2.45, 2.75) is 31.2 Å². The first-order valence-electron chi connectivity index (χ1n) is 12.7. The van der Waals surface area contributed by atoms with E-state index in [1.807, 2.05) is 78.5 Å². The molecule has 2 aromatic rings. The number of amides is 4. The summed E-state index contributed by atoms with van der Waals surface area (Å²) in [4.78, 5) is 44.7. The van der Waals surface area contributed by atoms with E-state index >= 15 is 0 Å². The standard InChI is InChI=1S/C29H36N4O3/c1-31(2)21-22-33-27(35)29(30-28(33)36,18-15-24-11-7-4-8-12-24)25-16-19-32(20-17-25)26(34)14-13-23-9-5-3-6-10-23/h3-14,25H,15-22H2,1-2H3,(H,30,36). The van der Waals surface area contributed by atoms with Crippen LogP contribution in [0.1, 0.15) is 30.4 Å². The van der Waals surface area contributed by atoms with Gasteiger partial charge in [-0.1, -0.05) is 60.7 Å². The number of nitrogens with one attached hydrogen (secondary N) is 1. The van der Waals surface area contributed by atoms with Crippen molar-refractivity contribution in [3.05, 3.63) is 77.9 Å². The fourth-order valence-electron chi connectivity index (χ4n) is 5.21. The van der Waals surface area contributed by atoms with Crippen molar-refractivity contribution in [3.63, 3.8) is 0 Å². The maximum Gasteiger partial charge on any atom is 0.325 e. The average molecular weight is 489 g/mol. The molecule has 0 aromatic heterocycles. The molecule has 2 heterocycles. The van der Waals surface area contributed by atoms with Crippen molar-refractivity contribution in [1.82, 2.24) is 20.0 Å². The van der Waals surface area contributed by atoms with Crippen LogP contribution in [0.2, 0.25) is 0 Å². The molecule has 36 heavy (non-hydrogen) atoms. The van der Waals surface area contributed by atoms with E-state index < -0.39 is 5.54 Å². The summed E-state index contributed by atoms with van der Waals surface area (Å²) in [6.07, 6.45) is 6.05. The monoisotopic (exact) mass is 488 g/mol. The predicted molar refractivity (Wildman–Crippen MR) is 141 cm³/mol. The first-order valence-corrected chi connectivity index (χ1v) is 12.7. The third-order valence-corrected chi connectivity index (χ3v) is 7.35. The van der Waals surface area contributed by atoms with Gasteiger partial charge >= 0.3 is 6.03 Å². The van der Waals surface area contributed by atoms with Gasteiger partial charge < -0.3 is 15.1 Å². The molecular weight excluding hydrogens is 452 g/mol. The number of piperidine rings is 1. The zero-order chi connectivity index (χ0) is 25.5. The van der Waals surface area contributed by atoms with Gasteiger partial charge in [0.2, 0.25) is 5.91 Å². The summed E-state index contributed by atoms with van der Waals surface area (Å²) in [6.45, 7) is 2.12. The third-order valence-electron chi connectivity index (χ3n) is 7.35. The number of rotatable bonds is 9. The van der Waals surface area contributed by atoms with E-state index in [0.717, 1.165) is 11.1 Å². The second-order valence-corrected chi connectivity index (χ2v) is 9.99. The van der Waals surface area contributed by atoms with Crippen LogP contribution >= 0.6 is 0 Å². The molecule has 1 atom stereocenters. The number of imide groups is 1. The fraction of sp³-hybridized carbons (Fsp3) is 0.414. The molecule has 2 aliphatic rings. The van der Waals surface area contributed by atoms with Crippen LogP contribution in [0.5, 0.6) is 0 Å². The molecule has 0 spiro atoms. The summed E-state index contributed by atoms with van der Waals surface area (Å²) >= 11 is 0. The Morgan fingerprint density at radius 2 is 1.67 bits per heavy atom. The normalized spacial score (nSPS) is 21.0. The van der Waals surface area contributed by atoms with E-state index in [2.05, 4.69) is 17.4 Å². The number of urea groups is 1. The molecule has 4 rings (SSSR count). The zero-order valence-electron chi connectivity index (χ0n) is 21.2. The van der Waals surface area contributed by atoms with Crippen LogP contribution in [0.4, 0.5) is 4.79 Å². The molecule has 0 aliphatic carbocycles. The lowest BCUT2D eigenvalue weighted by Gasteiger charge is -2.41. The van der Waals surface area contributed by atoms with E-state index in [0.29, 0.717) is 51.9 Å². The first kappa shape index (κ1) is 25.6. The Balaban J connectivity index is 1.46. The lowest BCUT2D eigenvalue weighted by molar-refractivity contribution is -0.135. The van der Waals surface area contributed by atoms with E-state index in [4.69, 9.17) is 0 Å². The topological polar surface area (TPSA) is 73.0 Å². The lowest BCUT2D eigenvalue weighted by Crippen LogP contribution is -2.57. The van der Waals surface area contributed by atoms with Gasteiger partial charge in [0.15, 0.2) is 0 Å². The third kappa shape index (κ3) is 5.85. The Labute approximate surface area is 213 Å². The molecule has 2 saturated heterocycles. The summed E-state index contributed by atoms with van der Waals surface area (Å²) in [5.74, 6) is -0.173. The molecule has 0 bridgehead atoms. The Morgan fingerprint density at radius 1 is 1.03 bits per heavy atom. The first-order chi connectivity index (χ1) is 17.4.